The summed E-state index contributed by atoms with van der Waals surface area (Å²) < 4.78 is 10.7. The standard InChI is InChI=1S/C18H28N8O3/c1-12-4-5-14(29-12)10-23-24-18(27)13(2)15(11-25-6-8-28-9-7-25)26(22-3)17(21)16(19)20/h4-5,10,21-22H,6-9,11H2,1-3H3,(H3,19,20)(H,24,27)/b15-13+,21-17?,23-10+. The van der Waals surface area contributed by atoms with E-state index in [1.165, 1.54) is 11.2 Å². The molecule has 0 aliphatic carbocycles. The van der Waals surface area contributed by atoms with Crippen molar-refractivity contribution in [2.75, 3.05) is 39.9 Å². The molecule has 0 aromatic carbocycles. The maximum Gasteiger partial charge on any atom is 0.268 e. The Kier molecular flexibility index (Phi) is 8.07. The van der Waals surface area contributed by atoms with Crippen LogP contribution >= 0.6 is 0 Å². The third kappa shape index (κ3) is 6.24. The van der Waals surface area contributed by atoms with Crippen LogP contribution in [0.3, 0.4) is 0 Å². The van der Waals surface area contributed by atoms with E-state index in [4.69, 9.17) is 25.7 Å². The fourth-order valence-electron chi connectivity index (χ4n) is 2.72. The van der Waals surface area contributed by atoms with Crippen LogP contribution in [0.25, 0.3) is 0 Å². The molecular formula is C18H28N8O3. The molecule has 29 heavy (non-hydrogen) atoms. The van der Waals surface area contributed by atoms with Crippen molar-refractivity contribution in [2.45, 2.75) is 13.8 Å². The van der Waals surface area contributed by atoms with Crippen LogP contribution in [0.15, 0.2) is 32.9 Å². The monoisotopic (exact) mass is 404 g/mol. The van der Waals surface area contributed by atoms with Crippen molar-refractivity contribution in [2.24, 2.45) is 10.8 Å². The minimum atomic E-state index is -0.440. The number of rotatable bonds is 7. The van der Waals surface area contributed by atoms with Crippen LogP contribution in [0.5, 0.6) is 0 Å². The van der Waals surface area contributed by atoms with Gasteiger partial charge < -0.3 is 14.9 Å². The van der Waals surface area contributed by atoms with Gasteiger partial charge in [-0.25, -0.2) is 10.9 Å². The summed E-state index contributed by atoms with van der Waals surface area (Å²) in [5.41, 5.74) is 11.6. The molecular weight excluding hydrogens is 376 g/mol. The summed E-state index contributed by atoms with van der Waals surface area (Å²) in [5.74, 6) is 0.155. The number of carbonyl (C=O) groups excluding carboxylic acids is 1. The lowest BCUT2D eigenvalue weighted by molar-refractivity contribution is -0.117. The van der Waals surface area contributed by atoms with E-state index in [0.29, 0.717) is 49.9 Å². The first kappa shape index (κ1) is 22.3. The van der Waals surface area contributed by atoms with Gasteiger partial charge >= 0.3 is 0 Å². The second-order valence-electron chi connectivity index (χ2n) is 6.43. The molecule has 1 fully saturated rings. The molecule has 158 valence electrons. The minimum Gasteiger partial charge on any atom is -0.460 e. The average molecular weight is 404 g/mol. The van der Waals surface area contributed by atoms with Crippen molar-refractivity contribution >= 4 is 23.8 Å². The average Bonchev–Trinajstić information content (AvgIpc) is 3.12. The van der Waals surface area contributed by atoms with Crippen LogP contribution < -0.4 is 16.6 Å². The zero-order valence-corrected chi connectivity index (χ0v) is 16.9. The number of nitrogens with zero attached hydrogens (tertiary/aromatic N) is 3. The Morgan fingerprint density at radius 1 is 1.38 bits per heavy atom. The Morgan fingerprint density at radius 2 is 2.07 bits per heavy atom. The molecule has 0 spiro atoms. The number of aryl methyl sites for hydroxylation is 1. The van der Waals surface area contributed by atoms with Gasteiger partial charge in [-0.05, 0) is 26.0 Å². The van der Waals surface area contributed by atoms with Gasteiger partial charge in [-0.3, -0.25) is 25.5 Å². The molecule has 2 rings (SSSR count). The molecule has 1 aromatic rings. The molecule has 0 atom stereocenters. The third-order valence-corrected chi connectivity index (χ3v) is 4.34. The normalized spacial score (nSPS) is 15.8. The largest absolute Gasteiger partial charge is 0.460 e. The highest BCUT2D eigenvalue weighted by molar-refractivity contribution is 6.37. The van der Waals surface area contributed by atoms with Crippen molar-refractivity contribution in [3.05, 3.63) is 34.9 Å². The smallest absolute Gasteiger partial charge is 0.268 e. The Hall–Kier alpha value is -3.02. The first-order valence-electron chi connectivity index (χ1n) is 9.13. The number of furan rings is 1. The number of amides is 1. The Balaban J connectivity index is 2.23. The topological polar surface area (TPSA) is 156 Å². The van der Waals surface area contributed by atoms with Gasteiger partial charge in [0.15, 0.2) is 11.7 Å². The molecule has 0 unspecified atom stereocenters. The van der Waals surface area contributed by atoms with Crippen LogP contribution in [0, 0.1) is 17.7 Å². The van der Waals surface area contributed by atoms with Crippen molar-refractivity contribution in [1.29, 1.82) is 10.8 Å². The number of hydrazone groups is 1. The van der Waals surface area contributed by atoms with E-state index in [-0.39, 0.29) is 5.84 Å². The second-order valence-corrected chi connectivity index (χ2v) is 6.43. The van der Waals surface area contributed by atoms with Crippen molar-refractivity contribution < 1.29 is 13.9 Å². The molecule has 0 saturated carbocycles. The van der Waals surface area contributed by atoms with E-state index in [1.54, 1.807) is 26.1 Å². The number of hydrogen-bond donors (Lipinski definition) is 5. The Morgan fingerprint density at radius 3 is 2.62 bits per heavy atom. The van der Waals surface area contributed by atoms with Crippen LogP contribution in [0.4, 0.5) is 0 Å². The number of hydrogen-bond acceptors (Lipinski definition) is 8. The number of ether oxygens (including phenoxy) is 1. The summed E-state index contributed by atoms with van der Waals surface area (Å²) in [6.07, 6.45) is 1.41. The summed E-state index contributed by atoms with van der Waals surface area (Å²) in [7, 11) is 1.60. The fraction of sp³-hybridized carbons (Fsp3) is 0.444. The first-order chi connectivity index (χ1) is 13.8. The molecule has 6 N–H and O–H groups in total. The fourth-order valence-corrected chi connectivity index (χ4v) is 2.72. The van der Waals surface area contributed by atoms with Crippen molar-refractivity contribution in [3.8, 4) is 0 Å². The van der Waals surface area contributed by atoms with E-state index >= 15 is 0 Å². The maximum absolute atomic E-state index is 12.7. The first-order valence-corrected chi connectivity index (χ1v) is 9.13. The molecule has 1 amide bonds. The van der Waals surface area contributed by atoms with Gasteiger partial charge in [0.25, 0.3) is 5.91 Å². The number of morpholine rings is 1. The van der Waals surface area contributed by atoms with Gasteiger partial charge in [0.1, 0.15) is 11.5 Å². The number of amidine groups is 2. The molecule has 1 saturated heterocycles. The second kappa shape index (κ2) is 10.5. The van der Waals surface area contributed by atoms with Gasteiger partial charge in [-0.15, -0.1) is 0 Å². The summed E-state index contributed by atoms with van der Waals surface area (Å²) in [6.45, 7) is 6.40. The van der Waals surface area contributed by atoms with Crippen molar-refractivity contribution in [1.82, 2.24) is 20.8 Å². The van der Waals surface area contributed by atoms with Crippen LogP contribution in [0.1, 0.15) is 18.4 Å². The third-order valence-electron chi connectivity index (χ3n) is 4.34. The van der Waals surface area contributed by atoms with E-state index in [9.17, 15) is 4.79 Å². The van der Waals surface area contributed by atoms with E-state index < -0.39 is 11.7 Å². The predicted molar refractivity (Wildman–Crippen MR) is 110 cm³/mol. The Bertz CT molecular complexity index is 808. The summed E-state index contributed by atoms with van der Waals surface area (Å²) >= 11 is 0. The van der Waals surface area contributed by atoms with Crippen LogP contribution in [-0.4, -0.2) is 73.6 Å². The van der Waals surface area contributed by atoms with Crippen LogP contribution in [-0.2, 0) is 9.53 Å². The molecule has 0 bridgehead atoms. The maximum atomic E-state index is 12.7. The van der Waals surface area contributed by atoms with E-state index in [2.05, 4.69) is 20.9 Å². The highest BCUT2D eigenvalue weighted by Crippen LogP contribution is 2.13. The van der Waals surface area contributed by atoms with Gasteiger partial charge in [0.05, 0.1) is 25.1 Å². The predicted octanol–water partition coefficient (Wildman–Crippen LogP) is -0.00604. The molecule has 1 aromatic heterocycles. The Labute approximate surface area is 169 Å². The van der Waals surface area contributed by atoms with Gasteiger partial charge in [-0.1, -0.05) is 0 Å². The van der Waals surface area contributed by atoms with E-state index in [0.717, 1.165) is 5.76 Å². The molecule has 11 heteroatoms. The van der Waals surface area contributed by atoms with Gasteiger partial charge in [0, 0.05) is 32.3 Å². The lowest BCUT2D eigenvalue weighted by Gasteiger charge is -2.33. The van der Waals surface area contributed by atoms with Crippen LogP contribution in [0.2, 0.25) is 0 Å². The number of nitrogens with two attached hydrogens (primary N) is 1. The zero-order valence-electron chi connectivity index (χ0n) is 16.9. The number of carbonyl (C=O) groups is 1. The SMILES string of the molecule is CNN(C(=N)C(=N)N)/C(CN1CCOCC1)=C(\C)C(=O)N/N=C/c1ccc(C)o1. The number of nitrogens with one attached hydrogen (secondary N) is 4. The van der Waals surface area contributed by atoms with Gasteiger partial charge in [-0.2, -0.15) is 5.10 Å². The minimum absolute atomic E-state index is 0.252. The van der Waals surface area contributed by atoms with Gasteiger partial charge in [0.2, 0.25) is 0 Å². The number of hydrazine groups is 1. The molecule has 11 nitrogen and oxygen atoms in total. The molecule has 0 radical (unpaired) electrons. The lowest BCUT2D eigenvalue weighted by atomic mass is 10.2. The summed E-state index contributed by atoms with van der Waals surface area (Å²) in [6, 6.07) is 3.54. The molecule has 1 aliphatic heterocycles. The molecule has 2 heterocycles. The summed E-state index contributed by atoms with van der Waals surface area (Å²) in [5, 5.41) is 20.9. The quantitative estimate of drug-likeness (QED) is 0.185. The van der Waals surface area contributed by atoms with Crippen molar-refractivity contribution in [3.63, 3.8) is 0 Å². The van der Waals surface area contributed by atoms with E-state index in [1.807, 2.05) is 6.92 Å². The highest BCUT2D eigenvalue weighted by Gasteiger charge is 2.24. The summed E-state index contributed by atoms with van der Waals surface area (Å²) in [4.78, 5) is 14.8. The molecule has 1 aliphatic rings. The highest BCUT2D eigenvalue weighted by atomic mass is 16.5. The lowest BCUT2D eigenvalue weighted by Crippen LogP contribution is -2.50. The zero-order chi connectivity index (χ0) is 21.4.